The van der Waals surface area contributed by atoms with Gasteiger partial charge in [-0.1, -0.05) is 30.3 Å². The summed E-state index contributed by atoms with van der Waals surface area (Å²) in [6.45, 7) is -0.240. The monoisotopic (exact) mass is 630 g/mol. The molecule has 16 heteroatoms. The van der Waals surface area contributed by atoms with Crippen LogP contribution in [0.25, 0.3) is 0 Å². The largest absolute Gasteiger partial charge is 0.393 e. The Labute approximate surface area is 247 Å². The van der Waals surface area contributed by atoms with Gasteiger partial charge < -0.3 is 31.6 Å². The maximum atomic E-state index is 13.9. The Morgan fingerprint density at radius 2 is 1.74 bits per heavy atom. The Kier molecular flexibility index (Phi) is 13.8. The number of aliphatic hydroxyl groups excluding tert-OH is 1. The number of benzene rings is 1. The zero-order valence-corrected chi connectivity index (χ0v) is 25.4. The van der Waals surface area contributed by atoms with E-state index < -0.39 is 74.0 Å². The smallest absolute Gasteiger partial charge is 0.241 e. The number of rotatable bonds is 17. The number of nitrogens with one attached hydrogen (secondary N) is 2. The lowest BCUT2D eigenvalue weighted by atomic mass is 9.91. The van der Waals surface area contributed by atoms with Gasteiger partial charge in [0.1, 0.15) is 22.2 Å². The third kappa shape index (κ3) is 13.3. The number of carbonyl (C=O) groups excluding carboxylic acids is 3. The Morgan fingerprint density at radius 3 is 2.31 bits per heavy atom. The first kappa shape index (κ1) is 35.1. The van der Waals surface area contributed by atoms with E-state index in [0.717, 1.165) is 6.26 Å². The van der Waals surface area contributed by atoms with Crippen molar-refractivity contribution in [2.45, 2.75) is 74.9 Å². The van der Waals surface area contributed by atoms with Crippen molar-refractivity contribution in [1.29, 1.82) is 0 Å². The topological polar surface area (TPSA) is 231 Å². The van der Waals surface area contributed by atoms with Gasteiger partial charge in [-0.25, -0.2) is 21.6 Å². The van der Waals surface area contributed by atoms with Crippen LogP contribution in [0.5, 0.6) is 0 Å². The van der Waals surface area contributed by atoms with E-state index in [1.54, 1.807) is 30.3 Å². The highest BCUT2D eigenvalue weighted by Crippen LogP contribution is 2.24. The zero-order chi connectivity index (χ0) is 31.3. The molecule has 0 spiro atoms. The van der Waals surface area contributed by atoms with Crippen LogP contribution in [0.4, 0.5) is 0 Å². The Morgan fingerprint density at radius 1 is 1.10 bits per heavy atom. The number of hydrogen-bond donors (Lipinski definition) is 5. The van der Waals surface area contributed by atoms with Gasteiger partial charge in [-0.3, -0.25) is 14.6 Å². The molecule has 1 aromatic carbocycles. The van der Waals surface area contributed by atoms with Gasteiger partial charge in [0.2, 0.25) is 21.8 Å². The lowest BCUT2D eigenvalue weighted by Crippen LogP contribution is -2.56. The van der Waals surface area contributed by atoms with Crippen molar-refractivity contribution in [1.82, 2.24) is 14.9 Å². The van der Waals surface area contributed by atoms with Gasteiger partial charge in [-0.15, -0.1) is 0 Å². The average molecular weight is 631 g/mol. The first-order chi connectivity index (χ1) is 19.7. The number of carbonyl (C=O) groups is 3. The molecule has 1 fully saturated rings. The summed E-state index contributed by atoms with van der Waals surface area (Å²) in [5.74, 6) is -2.42. The van der Waals surface area contributed by atoms with Crippen LogP contribution in [0.15, 0.2) is 35.3 Å². The SMILES string of the molecule is CS(=O)(=O)CCC(NS(=O)(=O)Cc1ccccc1)C(=O)N(CC(=O)NC(C=O)CCCN=C(N)N)C1CCC(O)CC1. The second-order valence-electron chi connectivity index (χ2n) is 10.5. The van der Waals surface area contributed by atoms with Crippen molar-refractivity contribution >= 4 is 43.9 Å². The van der Waals surface area contributed by atoms with Crippen LogP contribution in [-0.2, 0) is 40.0 Å². The lowest BCUT2D eigenvalue weighted by Gasteiger charge is -2.37. The van der Waals surface area contributed by atoms with Crippen LogP contribution in [0.1, 0.15) is 50.5 Å². The van der Waals surface area contributed by atoms with Gasteiger partial charge in [0.25, 0.3) is 0 Å². The van der Waals surface area contributed by atoms with Crippen molar-refractivity contribution in [3.05, 3.63) is 35.9 Å². The third-order valence-electron chi connectivity index (χ3n) is 6.78. The molecule has 0 saturated heterocycles. The predicted octanol–water partition coefficient (Wildman–Crippen LogP) is -1.22. The quantitative estimate of drug-likeness (QED) is 0.0596. The van der Waals surface area contributed by atoms with E-state index in [-0.39, 0.29) is 25.3 Å². The number of sulfone groups is 1. The molecule has 1 aliphatic rings. The molecule has 14 nitrogen and oxygen atoms in total. The summed E-state index contributed by atoms with van der Waals surface area (Å²) in [4.78, 5) is 43.5. The fraction of sp³-hybridized carbons (Fsp3) is 0.615. The van der Waals surface area contributed by atoms with Crippen LogP contribution in [0.2, 0.25) is 0 Å². The van der Waals surface area contributed by atoms with Gasteiger partial charge >= 0.3 is 0 Å². The number of aldehydes is 1. The summed E-state index contributed by atoms with van der Waals surface area (Å²) in [6, 6.07) is 5.43. The number of hydrogen-bond acceptors (Lipinski definition) is 9. The van der Waals surface area contributed by atoms with E-state index in [1.165, 1.54) is 4.90 Å². The van der Waals surface area contributed by atoms with E-state index >= 15 is 0 Å². The molecule has 0 heterocycles. The first-order valence-electron chi connectivity index (χ1n) is 13.7. The highest BCUT2D eigenvalue weighted by molar-refractivity contribution is 7.90. The van der Waals surface area contributed by atoms with E-state index in [1.807, 2.05) is 0 Å². The molecule has 2 amide bonds. The molecule has 0 aliphatic heterocycles. The number of sulfonamides is 1. The van der Waals surface area contributed by atoms with Crippen molar-refractivity contribution < 1.29 is 36.3 Å². The van der Waals surface area contributed by atoms with Crippen LogP contribution in [-0.4, -0.2) is 100 Å². The van der Waals surface area contributed by atoms with Gasteiger partial charge in [-0.05, 0) is 50.5 Å². The Balaban J connectivity index is 2.26. The van der Waals surface area contributed by atoms with Gasteiger partial charge in [0.15, 0.2) is 5.96 Å². The Hall–Kier alpha value is -3.08. The summed E-state index contributed by atoms with van der Waals surface area (Å²) in [7, 11) is -7.66. The fourth-order valence-electron chi connectivity index (χ4n) is 4.67. The molecular weight excluding hydrogens is 588 g/mol. The molecule has 0 radical (unpaired) electrons. The lowest BCUT2D eigenvalue weighted by molar-refractivity contribution is -0.141. The standard InChI is InChI=1S/C26H42N6O8S2/c1-41(37,38)15-13-23(31-42(39,40)18-19-6-3-2-4-7-19)25(36)32(21-9-11-22(34)12-10-21)16-24(35)30-20(17-33)8-5-14-29-26(27)28/h2-4,6-7,17,20-23,31,34H,5,8-16,18H2,1H3,(H,30,35)(H4,27,28,29). The highest BCUT2D eigenvalue weighted by atomic mass is 32.2. The number of amides is 2. The number of aliphatic imine (C=N–C) groups is 1. The van der Waals surface area contributed by atoms with Crippen molar-refractivity contribution in [3.8, 4) is 0 Å². The number of nitrogens with zero attached hydrogens (tertiary/aromatic N) is 2. The zero-order valence-electron chi connectivity index (χ0n) is 23.7. The van der Waals surface area contributed by atoms with Crippen LogP contribution in [0.3, 0.4) is 0 Å². The van der Waals surface area contributed by atoms with E-state index in [0.29, 0.717) is 44.0 Å². The molecule has 1 saturated carbocycles. The normalized spacial score (nSPS) is 18.8. The minimum atomic E-state index is -4.10. The van der Waals surface area contributed by atoms with Crippen LogP contribution in [0, 0.1) is 0 Å². The predicted molar refractivity (Wildman–Crippen MR) is 158 cm³/mol. The molecule has 42 heavy (non-hydrogen) atoms. The van der Waals surface area contributed by atoms with E-state index in [9.17, 15) is 36.3 Å². The van der Waals surface area contributed by atoms with Crippen LogP contribution < -0.4 is 21.5 Å². The first-order valence-corrected chi connectivity index (χ1v) is 17.4. The van der Waals surface area contributed by atoms with Gasteiger partial charge in [0.05, 0.1) is 30.2 Å². The second kappa shape index (κ2) is 16.5. The molecule has 1 aromatic rings. The molecule has 2 rings (SSSR count). The summed E-state index contributed by atoms with van der Waals surface area (Å²) in [5, 5.41) is 12.6. The molecule has 236 valence electrons. The third-order valence-corrected chi connectivity index (χ3v) is 9.11. The maximum Gasteiger partial charge on any atom is 0.241 e. The van der Waals surface area contributed by atoms with E-state index in [4.69, 9.17) is 11.5 Å². The fourth-order valence-corrected chi connectivity index (χ4v) is 6.71. The van der Waals surface area contributed by atoms with Crippen molar-refractivity contribution in [3.63, 3.8) is 0 Å². The van der Waals surface area contributed by atoms with Crippen molar-refractivity contribution in [2.75, 3.05) is 25.1 Å². The number of nitrogens with two attached hydrogens (primary N) is 2. The minimum Gasteiger partial charge on any atom is -0.393 e. The van der Waals surface area contributed by atoms with Crippen LogP contribution >= 0.6 is 0 Å². The highest BCUT2D eigenvalue weighted by Gasteiger charge is 2.36. The molecule has 0 bridgehead atoms. The average Bonchev–Trinajstić information content (AvgIpc) is 2.91. The molecule has 0 aromatic heterocycles. The summed E-state index contributed by atoms with van der Waals surface area (Å²) < 4.78 is 52.4. The molecule has 2 atom stereocenters. The number of aliphatic hydroxyl groups is 1. The van der Waals surface area contributed by atoms with Gasteiger partial charge in [-0.2, -0.15) is 0 Å². The van der Waals surface area contributed by atoms with Crippen molar-refractivity contribution in [2.24, 2.45) is 16.5 Å². The van der Waals surface area contributed by atoms with Gasteiger partial charge in [0, 0.05) is 18.8 Å². The Bertz CT molecular complexity index is 1280. The summed E-state index contributed by atoms with van der Waals surface area (Å²) in [6.07, 6.45) is 2.71. The minimum absolute atomic E-state index is 0.0988. The molecule has 7 N–H and O–H groups in total. The summed E-state index contributed by atoms with van der Waals surface area (Å²) >= 11 is 0. The summed E-state index contributed by atoms with van der Waals surface area (Å²) in [5.41, 5.74) is 11.1. The maximum absolute atomic E-state index is 13.9. The number of guanidine groups is 1. The second-order valence-corrected chi connectivity index (χ2v) is 14.5. The molecular formula is C26H42N6O8S2. The van der Waals surface area contributed by atoms with E-state index in [2.05, 4.69) is 15.0 Å². The molecule has 1 aliphatic carbocycles. The molecule has 2 unspecified atom stereocenters.